The number of hydrogen-bond acceptors (Lipinski definition) is 4. The predicted molar refractivity (Wildman–Crippen MR) is 157 cm³/mol. The molecule has 1 saturated carbocycles. The Bertz CT molecular complexity index is 1460. The van der Waals surface area contributed by atoms with Crippen molar-refractivity contribution in [1.82, 2.24) is 19.5 Å². The van der Waals surface area contributed by atoms with Crippen LogP contribution in [0.15, 0.2) is 72.8 Å². The number of pyridine rings is 1. The van der Waals surface area contributed by atoms with Gasteiger partial charge < -0.3 is 4.90 Å². The summed E-state index contributed by atoms with van der Waals surface area (Å²) in [5.74, 6) is 1.20. The highest BCUT2D eigenvalue weighted by atomic mass is 16.2. The lowest BCUT2D eigenvalue weighted by molar-refractivity contribution is -0.117. The van der Waals surface area contributed by atoms with Gasteiger partial charge in [-0.2, -0.15) is 4.98 Å². The number of carbonyl (C=O) groups excluding carboxylic acids is 2. The fraction of sp³-hybridized carbons (Fsp3) is 0.394. The fourth-order valence-electron chi connectivity index (χ4n) is 5.76. The minimum absolute atomic E-state index is 0.0111. The molecule has 2 amide bonds. The number of hydrogen-bond donors (Lipinski definition) is 1. The van der Waals surface area contributed by atoms with E-state index < -0.39 is 0 Å². The van der Waals surface area contributed by atoms with Crippen molar-refractivity contribution in [2.24, 2.45) is 11.8 Å². The molecule has 40 heavy (non-hydrogen) atoms. The minimum atomic E-state index is -0.0111. The SMILES string of the molecule is O=C(Nc1nc2cccc(-c3ccc(C(=O)N4CCCCC(CCCc5ccccc5)CC4)cc3)n2n1)C1CC1. The van der Waals surface area contributed by atoms with Crippen molar-refractivity contribution in [1.29, 1.82) is 0 Å². The summed E-state index contributed by atoms with van der Waals surface area (Å²) >= 11 is 0. The number of rotatable bonds is 8. The number of anilines is 1. The Kier molecular flexibility index (Phi) is 7.89. The van der Waals surface area contributed by atoms with Crippen LogP contribution in [0.2, 0.25) is 0 Å². The number of aryl methyl sites for hydroxylation is 1. The zero-order valence-electron chi connectivity index (χ0n) is 23.0. The maximum Gasteiger partial charge on any atom is 0.253 e. The number of likely N-dealkylation sites (tertiary alicyclic amines) is 1. The van der Waals surface area contributed by atoms with Crippen molar-refractivity contribution in [2.75, 3.05) is 18.4 Å². The zero-order valence-corrected chi connectivity index (χ0v) is 23.0. The van der Waals surface area contributed by atoms with Crippen molar-refractivity contribution in [3.05, 3.63) is 83.9 Å². The first-order chi connectivity index (χ1) is 19.6. The number of amides is 2. The van der Waals surface area contributed by atoms with Crippen LogP contribution in [0.25, 0.3) is 16.9 Å². The lowest BCUT2D eigenvalue weighted by Crippen LogP contribution is -2.35. The molecule has 7 nitrogen and oxygen atoms in total. The number of aromatic nitrogens is 3. The van der Waals surface area contributed by atoms with Gasteiger partial charge in [0.1, 0.15) is 0 Å². The quantitative estimate of drug-likeness (QED) is 0.283. The summed E-state index contributed by atoms with van der Waals surface area (Å²) in [4.78, 5) is 32.1. The standard InChI is InChI=1S/C33H37N5O2/c39-31(27-17-18-27)35-33-34-30-14-7-13-29(38(30)36-33)26-15-19-28(20-16-26)32(40)37-22-5-4-10-25(21-23-37)12-6-11-24-8-2-1-3-9-24/h1-3,7-9,13-16,19-20,25,27H,4-6,10-12,17-18,21-23H2,(H,35,36,39). The first-order valence-corrected chi connectivity index (χ1v) is 14.7. The Morgan fingerprint density at radius 2 is 1.68 bits per heavy atom. The second kappa shape index (κ2) is 12.0. The second-order valence-corrected chi connectivity index (χ2v) is 11.3. The third-order valence-corrected chi connectivity index (χ3v) is 8.28. The summed E-state index contributed by atoms with van der Waals surface area (Å²) in [5.41, 5.74) is 4.60. The molecule has 206 valence electrons. The molecule has 2 aromatic heterocycles. The molecule has 1 saturated heterocycles. The number of nitrogens with one attached hydrogen (secondary N) is 1. The Labute approximate surface area is 235 Å². The molecule has 1 unspecified atom stereocenters. The third kappa shape index (κ3) is 6.24. The van der Waals surface area contributed by atoms with E-state index in [-0.39, 0.29) is 17.7 Å². The molecule has 2 fully saturated rings. The van der Waals surface area contributed by atoms with Crippen LogP contribution in [-0.2, 0) is 11.2 Å². The fourth-order valence-corrected chi connectivity index (χ4v) is 5.76. The van der Waals surface area contributed by atoms with E-state index in [2.05, 4.69) is 45.7 Å². The lowest BCUT2D eigenvalue weighted by Gasteiger charge is -2.29. The number of carbonyl (C=O) groups is 2. The molecule has 4 aromatic rings. The van der Waals surface area contributed by atoms with E-state index in [1.165, 1.54) is 31.2 Å². The molecule has 1 atom stereocenters. The Balaban J connectivity index is 1.08. The van der Waals surface area contributed by atoms with E-state index in [1.807, 2.05) is 47.4 Å². The minimum Gasteiger partial charge on any atom is -0.339 e. The Morgan fingerprint density at radius 1 is 0.850 bits per heavy atom. The van der Waals surface area contributed by atoms with Gasteiger partial charge in [0, 0.05) is 30.1 Å². The predicted octanol–water partition coefficient (Wildman–Crippen LogP) is 6.40. The first-order valence-electron chi connectivity index (χ1n) is 14.7. The van der Waals surface area contributed by atoms with E-state index in [9.17, 15) is 9.59 Å². The Hall–Kier alpha value is -4.00. The van der Waals surface area contributed by atoms with Gasteiger partial charge in [-0.3, -0.25) is 14.9 Å². The molecule has 0 bridgehead atoms. The summed E-state index contributed by atoms with van der Waals surface area (Å²) in [6, 6.07) is 24.3. The first kappa shape index (κ1) is 26.2. The monoisotopic (exact) mass is 535 g/mol. The molecule has 1 aliphatic heterocycles. The highest BCUT2D eigenvalue weighted by molar-refractivity contribution is 5.95. The van der Waals surface area contributed by atoms with E-state index in [0.29, 0.717) is 23.1 Å². The molecule has 6 rings (SSSR count). The van der Waals surface area contributed by atoms with Crippen LogP contribution < -0.4 is 5.32 Å². The van der Waals surface area contributed by atoms with Crippen molar-refractivity contribution >= 4 is 23.4 Å². The van der Waals surface area contributed by atoms with E-state index in [4.69, 9.17) is 0 Å². The van der Waals surface area contributed by atoms with E-state index in [0.717, 1.165) is 56.5 Å². The van der Waals surface area contributed by atoms with Gasteiger partial charge in [-0.1, -0.05) is 67.8 Å². The van der Waals surface area contributed by atoms with Gasteiger partial charge in [0.15, 0.2) is 5.65 Å². The van der Waals surface area contributed by atoms with E-state index >= 15 is 0 Å². The zero-order chi connectivity index (χ0) is 27.3. The molecule has 0 spiro atoms. The van der Waals surface area contributed by atoms with Crippen LogP contribution in [0.4, 0.5) is 5.95 Å². The molecule has 2 aliphatic rings. The van der Waals surface area contributed by atoms with Gasteiger partial charge in [-0.15, -0.1) is 5.10 Å². The second-order valence-electron chi connectivity index (χ2n) is 11.3. The summed E-state index contributed by atoms with van der Waals surface area (Å²) in [6.45, 7) is 1.65. The smallest absolute Gasteiger partial charge is 0.253 e. The third-order valence-electron chi connectivity index (χ3n) is 8.28. The van der Waals surface area contributed by atoms with Crippen molar-refractivity contribution in [3.63, 3.8) is 0 Å². The summed E-state index contributed by atoms with van der Waals surface area (Å²) in [6.07, 6.45) is 10.0. The molecule has 1 aliphatic carbocycles. The Morgan fingerprint density at radius 3 is 2.48 bits per heavy atom. The van der Waals surface area contributed by atoms with Crippen LogP contribution in [0.5, 0.6) is 0 Å². The van der Waals surface area contributed by atoms with Gasteiger partial charge in [0.05, 0.1) is 5.69 Å². The largest absolute Gasteiger partial charge is 0.339 e. The number of nitrogens with zero attached hydrogens (tertiary/aromatic N) is 4. The van der Waals surface area contributed by atoms with Gasteiger partial charge >= 0.3 is 0 Å². The van der Waals surface area contributed by atoms with E-state index in [1.54, 1.807) is 4.52 Å². The maximum absolute atomic E-state index is 13.5. The lowest BCUT2D eigenvalue weighted by atomic mass is 9.90. The van der Waals surface area contributed by atoms with Gasteiger partial charge in [0.2, 0.25) is 11.9 Å². The highest BCUT2D eigenvalue weighted by Gasteiger charge is 2.30. The molecule has 3 heterocycles. The van der Waals surface area contributed by atoms with Crippen LogP contribution in [0.3, 0.4) is 0 Å². The highest BCUT2D eigenvalue weighted by Crippen LogP contribution is 2.30. The number of fused-ring (bicyclic) bond motifs is 1. The average Bonchev–Trinajstić information content (AvgIpc) is 3.74. The summed E-state index contributed by atoms with van der Waals surface area (Å²) in [5, 5.41) is 7.36. The molecular weight excluding hydrogens is 498 g/mol. The summed E-state index contributed by atoms with van der Waals surface area (Å²) in [7, 11) is 0. The van der Waals surface area contributed by atoms with Crippen molar-refractivity contribution in [2.45, 2.75) is 57.8 Å². The maximum atomic E-state index is 13.5. The molecule has 7 heteroatoms. The van der Waals surface area contributed by atoms with Gasteiger partial charge in [0.25, 0.3) is 5.91 Å². The van der Waals surface area contributed by atoms with Gasteiger partial charge in [-0.05, 0) is 74.3 Å². The van der Waals surface area contributed by atoms with Crippen LogP contribution in [0, 0.1) is 11.8 Å². The van der Waals surface area contributed by atoms with Crippen LogP contribution >= 0.6 is 0 Å². The average molecular weight is 536 g/mol. The molecule has 1 N–H and O–H groups in total. The van der Waals surface area contributed by atoms with Crippen LogP contribution in [-0.4, -0.2) is 44.4 Å². The van der Waals surface area contributed by atoms with Gasteiger partial charge in [-0.25, -0.2) is 4.52 Å². The molecular formula is C33H37N5O2. The van der Waals surface area contributed by atoms with Crippen molar-refractivity contribution in [3.8, 4) is 11.3 Å². The normalized spacial score (nSPS) is 17.8. The molecule has 0 radical (unpaired) electrons. The number of benzene rings is 2. The van der Waals surface area contributed by atoms with Crippen molar-refractivity contribution < 1.29 is 9.59 Å². The summed E-state index contributed by atoms with van der Waals surface area (Å²) < 4.78 is 1.75. The molecule has 2 aromatic carbocycles. The topological polar surface area (TPSA) is 79.6 Å². The van der Waals surface area contributed by atoms with Crippen LogP contribution in [0.1, 0.15) is 67.3 Å².